The molecule has 1 aromatic heterocycles. The summed E-state index contributed by atoms with van der Waals surface area (Å²) >= 11 is 5.75. The van der Waals surface area contributed by atoms with Gasteiger partial charge in [0.1, 0.15) is 0 Å². The van der Waals surface area contributed by atoms with E-state index < -0.39 is 0 Å². The highest BCUT2D eigenvalue weighted by Crippen LogP contribution is 2.03. The van der Waals surface area contributed by atoms with E-state index in [-0.39, 0.29) is 5.56 Å². The lowest BCUT2D eigenvalue weighted by Crippen LogP contribution is -2.51. The first-order valence-corrected chi connectivity index (χ1v) is 3.99. The Balaban J connectivity index is 3.33. The lowest BCUT2D eigenvalue weighted by atomic mass is 10.5. The normalized spacial score (nSPS) is 11.7. The van der Waals surface area contributed by atoms with Crippen LogP contribution in [0, 0.1) is 0 Å². The number of aromatic nitrogens is 1. The van der Waals surface area contributed by atoms with Gasteiger partial charge in [0.05, 0.1) is 32.4 Å². The molecule has 0 aliphatic rings. The fraction of sp³-hybridized carbons (Fsp3) is 0.375. The first-order valence-electron chi connectivity index (χ1n) is 3.62. The first kappa shape index (κ1) is 9.29. The van der Waals surface area contributed by atoms with Gasteiger partial charge in [-0.3, -0.25) is 4.79 Å². The van der Waals surface area contributed by atoms with Gasteiger partial charge in [-0.15, -0.1) is 0 Å². The lowest BCUT2D eigenvalue weighted by Gasteiger charge is -2.24. The number of pyridine rings is 1. The summed E-state index contributed by atoms with van der Waals surface area (Å²) in [6.07, 6.45) is 1.63. The van der Waals surface area contributed by atoms with Gasteiger partial charge in [-0.05, 0) is 6.07 Å². The molecule has 66 valence electrons. The summed E-state index contributed by atoms with van der Waals surface area (Å²) in [5.41, 5.74) is -0.0492. The van der Waals surface area contributed by atoms with Crippen molar-refractivity contribution in [2.75, 3.05) is 21.1 Å². The molecule has 0 aliphatic heterocycles. The van der Waals surface area contributed by atoms with Crippen molar-refractivity contribution in [1.82, 2.24) is 9.27 Å². The second-order valence-corrected chi connectivity index (χ2v) is 3.91. The Labute approximate surface area is 76.4 Å². The molecule has 0 atom stereocenters. The third-order valence-corrected chi connectivity index (χ3v) is 1.73. The van der Waals surface area contributed by atoms with Gasteiger partial charge in [0, 0.05) is 6.07 Å². The summed E-state index contributed by atoms with van der Waals surface area (Å²) in [6.45, 7) is 0. The predicted molar refractivity (Wildman–Crippen MR) is 51.0 cm³/mol. The molecule has 12 heavy (non-hydrogen) atoms. The summed E-state index contributed by atoms with van der Waals surface area (Å²) in [5.74, 6) is 0. The third-order valence-electron chi connectivity index (χ3n) is 1.50. The zero-order valence-corrected chi connectivity index (χ0v) is 8.17. The van der Waals surface area contributed by atoms with Crippen molar-refractivity contribution in [3.05, 3.63) is 33.7 Å². The number of hydrogen-bond acceptors (Lipinski definition) is 1. The van der Waals surface area contributed by atoms with Crippen LogP contribution in [0.5, 0.6) is 0 Å². The Morgan fingerprint density at radius 1 is 1.33 bits per heavy atom. The summed E-state index contributed by atoms with van der Waals surface area (Å²) in [4.78, 5) is 11.3. The molecule has 1 rings (SSSR count). The van der Waals surface area contributed by atoms with E-state index in [9.17, 15) is 4.79 Å². The summed E-state index contributed by atoms with van der Waals surface area (Å²) in [7, 11) is 5.70. The average molecular weight is 188 g/mol. The fourth-order valence-corrected chi connectivity index (χ4v) is 1.08. The largest absolute Gasteiger partial charge is 0.296 e. The topological polar surface area (TPSA) is 22.0 Å². The van der Waals surface area contributed by atoms with Crippen LogP contribution in [-0.2, 0) is 0 Å². The van der Waals surface area contributed by atoms with Gasteiger partial charge >= 0.3 is 0 Å². The van der Waals surface area contributed by atoms with E-state index in [1.165, 1.54) is 6.07 Å². The quantitative estimate of drug-likeness (QED) is 0.597. The smallest absolute Gasteiger partial charge is 0.264 e. The van der Waals surface area contributed by atoms with E-state index in [0.717, 1.165) is 0 Å². The average Bonchev–Trinajstić information content (AvgIpc) is 1.92. The Kier molecular flexibility index (Phi) is 2.26. The number of halogens is 1. The molecule has 0 N–H and O–H groups in total. The fourth-order valence-electron chi connectivity index (χ4n) is 0.920. The molecule has 0 unspecified atom stereocenters. The summed E-state index contributed by atoms with van der Waals surface area (Å²) < 4.78 is 1.97. The SMILES string of the molecule is C[N+](C)(C)n1cc(Cl)ccc1=O. The molecule has 0 aromatic carbocycles. The first-order chi connectivity index (χ1) is 5.41. The monoisotopic (exact) mass is 187 g/mol. The maximum absolute atomic E-state index is 11.3. The van der Waals surface area contributed by atoms with Crippen LogP contribution < -0.4 is 10.2 Å². The van der Waals surface area contributed by atoms with Crippen molar-refractivity contribution in [3.63, 3.8) is 0 Å². The minimum absolute atomic E-state index is 0.0492. The number of rotatable bonds is 1. The molecule has 4 heteroatoms. The number of hydrogen-bond donors (Lipinski definition) is 0. The third kappa shape index (κ3) is 1.87. The highest BCUT2D eigenvalue weighted by Gasteiger charge is 2.11. The molecule has 1 aromatic rings. The van der Waals surface area contributed by atoms with Gasteiger partial charge < -0.3 is 0 Å². The van der Waals surface area contributed by atoms with E-state index >= 15 is 0 Å². The zero-order chi connectivity index (χ0) is 9.35. The van der Waals surface area contributed by atoms with E-state index in [2.05, 4.69) is 0 Å². The Hall–Kier alpha value is -0.800. The van der Waals surface area contributed by atoms with Crippen LogP contribution in [-0.4, -0.2) is 25.8 Å². The molecular weight excluding hydrogens is 176 g/mol. The van der Waals surface area contributed by atoms with Gasteiger partial charge in [0.15, 0.2) is 0 Å². The highest BCUT2D eigenvalue weighted by atomic mass is 35.5. The molecule has 3 nitrogen and oxygen atoms in total. The van der Waals surface area contributed by atoms with Crippen LogP contribution in [0.1, 0.15) is 0 Å². The van der Waals surface area contributed by atoms with Crippen LogP contribution in [0.15, 0.2) is 23.1 Å². The highest BCUT2D eigenvalue weighted by molar-refractivity contribution is 6.30. The van der Waals surface area contributed by atoms with Crippen molar-refractivity contribution in [1.29, 1.82) is 0 Å². The van der Waals surface area contributed by atoms with Crippen molar-refractivity contribution in [2.24, 2.45) is 0 Å². The Morgan fingerprint density at radius 3 is 2.33 bits per heavy atom. The Bertz CT molecular complexity index is 338. The molecule has 0 saturated carbocycles. The summed E-state index contributed by atoms with van der Waals surface area (Å²) in [5, 5.41) is 0.572. The Morgan fingerprint density at radius 2 is 1.92 bits per heavy atom. The second kappa shape index (κ2) is 2.92. The molecule has 1 heterocycles. The maximum Gasteiger partial charge on any atom is 0.296 e. The van der Waals surface area contributed by atoms with Crippen molar-refractivity contribution in [2.45, 2.75) is 0 Å². The molecule has 0 spiro atoms. The van der Waals surface area contributed by atoms with Gasteiger partial charge in [-0.25, -0.2) is 4.59 Å². The minimum Gasteiger partial charge on any atom is -0.264 e. The lowest BCUT2D eigenvalue weighted by molar-refractivity contribution is 0.249. The zero-order valence-electron chi connectivity index (χ0n) is 7.41. The van der Waals surface area contributed by atoms with Gasteiger partial charge in [0.25, 0.3) is 5.56 Å². The van der Waals surface area contributed by atoms with Crippen LogP contribution in [0.4, 0.5) is 0 Å². The van der Waals surface area contributed by atoms with E-state index in [1.54, 1.807) is 16.9 Å². The minimum atomic E-state index is -0.0492. The van der Waals surface area contributed by atoms with Crippen LogP contribution in [0.25, 0.3) is 0 Å². The molecule has 0 fully saturated rings. The van der Waals surface area contributed by atoms with E-state index in [1.807, 2.05) is 21.1 Å². The number of nitrogens with zero attached hydrogens (tertiary/aromatic N) is 2. The standard InChI is InChI=1S/C8H12ClN2O/c1-11(2,3)10-6-7(9)4-5-8(10)12/h4-6H,1-3H3/q+1. The van der Waals surface area contributed by atoms with Crippen LogP contribution >= 0.6 is 11.6 Å². The van der Waals surface area contributed by atoms with Gasteiger partial charge in [0.2, 0.25) is 0 Å². The van der Waals surface area contributed by atoms with Crippen LogP contribution in [0.2, 0.25) is 5.02 Å². The van der Waals surface area contributed by atoms with Gasteiger partial charge in [-0.2, -0.15) is 4.68 Å². The maximum atomic E-state index is 11.3. The van der Waals surface area contributed by atoms with E-state index in [0.29, 0.717) is 9.61 Å². The molecule has 0 aliphatic carbocycles. The second-order valence-electron chi connectivity index (χ2n) is 3.47. The predicted octanol–water partition coefficient (Wildman–Crippen LogP) is 0.830. The molecule has 0 radical (unpaired) electrons. The van der Waals surface area contributed by atoms with E-state index in [4.69, 9.17) is 11.6 Å². The molecule has 0 amide bonds. The molecular formula is C8H12ClN2O+. The summed E-state index contributed by atoms with van der Waals surface area (Å²) in [6, 6.07) is 3.06. The van der Waals surface area contributed by atoms with Crippen molar-refractivity contribution in [3.8, 4) is 0 Å². The van der Waals surface area contributed by atoms with Crippen molar-refractivity contribution >= 4 is 11.6 Å². The molecule has 0 bridgehead atoms. The number of quaternary nitrogens is 1. The van der Waals surface area contributed by atoms with Gasteiger partial charge in [-0.1, -0.05) is 11.6 Å². The molecule has 0 saturated heterocycles. The van der Waals surface area contributed by atoms with Crippen LogP contribution in [0.3, 0.4) is 0 Å². The van der Waals surface area contributed by atoms with Crippen molar-refractivity contribution < 1.29 is 0 Å².